The summed E-state index contributed by atoms with van der Waals surface area (Å²) in [5, 5.41) is 11.1. The predicted molar refractivity (Wildman–Crippen MR) is 150 cm³/mol. The monoisotopic (exact) mass is 549 g/mol. The van der Waals surface area contributed by atoms with Crippen molar-refractivity contribution in [3.8, 4) is 0 Å². The van der Waals surface area contributed by atoms with E-state index in [1.54, 1.807) is 45.3 Å². The van der Waals surface area contributed by atoms with Crippen LogP contribution in [0.15, 0.2) is 54.9 Å². The molecule has 215 valence electrons. The van der Waals surface area contributed by atoms with E-state index in [1.165, 1.54) is 11.3 Å². The lowest BCUT2D eigenvalue weighted by atomic mass is 9.81. The molecule has 2 aliphatic rings. The number of rotatable bonds is 10. The highest BCUT2D eigenvalue weighted by atomic mass is 16.6. The van der Waals surface area contributed by atoms with E-state index in [9.17, 15) is 19.5 Å². The number of aliphatic hydroxyl groups is 1. The van der Waals surface area contributed by atoms with Gasteiger partial charge in [0.05, 0.1) is 18.1 Å². The van der Waals surface area contributed by atoms with E-state index in [1.807, 2.05) is 30.3 Å². The normalized spacial score (nSPS) is 22.1. The zero-order valence-electron chi connectivity index (χ0n) is 23.7. The van der Waals surface area contributed by atoms with E-state index in [4.69, 9.17) is 9.47 Å². The van der Waals surface area contributed by atoms with Crippen LogP contribution < -0.4 is 0 Å². The molecule has 1 aromatic heterocycles. The van der Waals surface area contributed by atoms with Crippen molar-refractivity contribution >= 4 is 18.3 Å². The van der Waals surface area contributed by atoms with Crippen molar-refractivity contribution in [3.05, 3.63) is 66.0 Å². The molecule has 2 unspecified atom stereocenters. The van der Waals surface area contributed by atoms with Gasteiger partial charge in [-0.2, -0.15) is 0 Å². The first-order chi connectivity index (χ1) is 19.2. The van der Waals surface area contributed by atoms with Crippen molar-refractivity contribution in [2.45, 2.75) is 102 Å². The highest BCUT2D eigenvalue weighted by Crippen LogP contribution is 2.39. The third kappa shape index (κ3) is 7.68. The fourth-order valence-corrected chi connectivity index (χ4v) is 5.97. The molecule has 2 aromatic rings. The Bertz CT molecular complexity index is 1110. The topological polar surface area (TPSA) is 106 Å². The summed E-state index contributed by atoms with van der Waals surface area (Å²) < 4.78 is 11.8. The van der Waals surface area contributed by atoms with Crippen molar-refractivity contribution in [1.82, 2.24) is 9.88 Å². The zero-order chi connectivity index (χ0) is 28.7. The lowest BCUT2D eigenvalue weighted by Gasteiger charge is -2.40. The molecule has 8 heteroatoms. The van der Waals surface area contributed by atoms with Gasteiger partial charge in [0.2, 0.25) is 6.29 Å². The number of aromatic nitrogens is 1. The molecule has 5 atom stereocenters. The number of hydrogen-bond donors (Lipinski definition) is 1. The van der Waals surface area contributed by atoms with Crippen molar-refractivity contribution in [2.75, 3.05) is 0 Å². The van der Waals surface area contributed by atoms with Crippen molar-refractivity contribution in [3.63, 3.8) is 0 Å². The Morgan fingerprint density at radius 3 is 2.42 bits per heavy atom. The van der Waals surface area contributed by atoms with Crippen LogP contribution in [0.2, 0.25) is 0 Å². The summed E-state index contributed by atoms with van der Waals surface area (Å²) in [6.07, 6.45) is 9.30. The molecule has 1 saturated carbocycles. The van der Waals surface area contributed by atoms with Crippen molar-refractivity contribution < 1.29 is 29.0 Å². The van der Waals surface area contributed by atoms with Crippen LogP contribution in [-0.2, 0) is 25.5 Å². The Morgan fingerprint density at radius 1 is 1.12 bits per heavy atom. The van der Waals surface area contributed by atoms with Gasteiger partial charge in [0.25, 0.3) is 0 Å². The van der Waals surface area contributed by atoms with E-state index in [0.717, 1.165) is 31.2 Å². The number of cyclic esters (lactones) is 1. The molecule has 40 heavy (non-hydrogen) atoms. The first kappa shape index (κ1) is 29.7. The van der Waals surface area contributed by atoms with Crippen LogP contribution in [0.3, 0.4) is 0 Å². The second-order valence-electron chi connectivity index (χ2n) is 12.1. The quantitative estimate of drug-likeness (QED) is 0.399. The summed E-state index contributed by atoms with van der Waals surface area (Å²) >= 11 is 0. The van der Waals surface area contributed by atoms with Crippen LogP contribution in [0.4, 0.5) is 4.79 Å². The molecular weight excluding hydrogens is 508 g/mol. The average Bonchev–Trinajstić information content (AvgIpc) is 3.33. The van der Waals surface area contributed by atoms with E-state index >= 15 is 0 Å². The van der Waals surface area contributed by atoms with Gasteiger partial charge < -0.3 is 14.6 Å². The van der Waals surface area contributed by atoms with E-state index in [2.05, 4.69) is 11.3 Å². The Balaban J connectivity index is 1.68. The maximum absolute atomic E-state index is 13.8. The molecule has 8 nitrogen and oxygen atoms in total. The molecule has 1 radical (unpaired) electrons. The minimum Gasteiger partial charge on any atom is -0.460 e. The van der Waals surface area contributed by atoms with Gasteiger partial charge in [-0.1, -0.05) is 62.4 Å². The first-order valence-electron chi connectivity index (χ1n) is 14.4. The lowest BCUT2D eigenvalue weighted by Crippen LogP contribution is -2.55. The molecule has 1 amide bonds. The Hall–Kier alpha value is -3.26. The summed E-state index contributed by atoms with van der Waals surface area (Å²) in [5.41, 5.74) is 0.668. The van der Waals surface area contributed by atoms with Crippen LogP contribution in [0.5, 0.6) is 0 Å². The fraction of sp³-hybridized carbons (Fsp3) is 0.562. The maximum Gasteiger partial charge on any atom is 0.411 e. The second kappa shape index (κ2) is 13.4. The number of aliphatic hydroxyl groups excluding tert-OH is 1. The van der Waals surface area contributed by atoms with Gasteiger partial charge in [0.1, 0.15) is 17.7 Å². The molecule has 0 spiro atoms. The first-order valence-corrected chi connectivity index (χ1v) is 14.4. The molecule has 2 fully saturated rings. The predicted octanol–water partition coefficient (Wildman–Crippen LogP) is 5.34. The summed E-state index contributed by atoms with van der Waals surface area (Å²) in [7, 11) is 0. The van der Waals surface area contributed by atoms with Gasteiger partial charge in [0.15, 0.2) is 0 Å². The summed E-state index contributed by atoms with van der Waals surface area (Å²) in [6.45, 7) is 5.35. The molecule has 0 bridgehead atoms. The van der Waals surface area contributed by atoms with Gasteiger partial charge in [-0.3, -0.25) is 19.5 Å². The molecule has 2 heterocycles. The highest BCUT2D eigenvalue weighted by molar-refractivity contribution is 5.77. The molecule has 1 aliphatic carbocycles. The average molecular weight is 550 g/mol. The Morgan fingerprint density at radius 2 is 1.80 bits per heavy atom. The number of ether oxygens (including phenoxy) is 2. The molecule has 1 aromatic carbocycles. The van der Waals surface area contributed by atoms with E-state index < -0.39 is 47.9 Å². The third-order valence-corrected chi connectivity index (χ3v) is 7.92. The number of pyridine rings is 1. The van der Waals surface area contributed by atoms with E-state index in [-0.39, 0.29) is 12.8 Å². The zero-order valence-corrected chi connectivity index (χ0v) is 23.7. The number of nitrogens with zero attached hydrogens (tertiary/aromatic N) is 2. The molecular formula is C32H41N2O6. The van der Waals surface area contributed by atoms with Gasteiger partial charge in [-0.15, -0.1) is 0 Å². The number of hydrogen-bond acceptors (Lipinski definition) is 7. The van der Waals surface area contributed by atoms with Gasteiger partial charge in [-0.25, -0.2) is 4.79 Å². The van der Waals surface area contributed by atoms with Crippen LogP contribution in [0.1, 0.15) is 82.9 Å². The number of esters is 1. The maximum atomic E-state index is 13.8. The minimum atomic E-state index is -1.07. The highest BCUT2D eigenvalue weighted by Gasteiger charge is 2.48. The van der Waals surface area contributed by atoms with Crippen LogP contribution in [-0.4, -0.2) is 57.1 Å². The summed E-state index contributed by atoms with van der Waals surface area (Å²) in [4.78, 5) is 45.0. The lowest BCUT2D eigenvalue weighted by molar-refractivity contribution is -0.149. The molecule has 4 rings (SSSR count). The largest absolute Gasteiger partial charge is 0.460 e. The number of carbonyl (C=O) groups excluding carboxylic acids is 3. The second-order valence-corrected chi connectivity index (χ2v) is 12.1. The van der Waals surface area contributed by atoms with Gasteiger partial charge in [0, 0.05) is 25.2 Å². The summed E-state index contributed by atoms with van der Waals surface area (Å²) in [5.74, 6) is -0.994. The molecule has 1 N–H and O–H groups in total. The van der Waals surface area contributed by atoms with E-state index in [0.29, 0.717) is 17.9 Å². The number of carbonyl (C=O) groups is 2. The summed E-state index contributed by atoms with van der Waals surface area (Å²) in [6, 6.07) is 11.3. The molecule has 1 saturated heterocycles. The number of amides is 1. The fourth-order valence-electron chi connectivity index (χ4n) is 5.97. The Labute approximate surface area is 237 Å². The standard InChI is InChI=1S/C32H41N2O6/c1-32(2,3)40-31(38)34(25(21-35)18-22-10-6-4-7-11-22)27(19-23-12-8-5-9-13-23)28-20-26(30(37)39-28)29(36)24-14-16-33-17-15-24/h4,6-7,10-11,14-17,23,25-29,36H,5,8-9,12-13,18-20H2,1-3H3/t25-,26?,27-,28-,29?/m0/s1. The van der Waals surface area contributed by atoms with Crippen LogP contribution in [0, 0.1) is 11.8 Å². The van der Waals surface area contributed by atoms with Crippen molar-refractivity contribution in [2.24, 2.45) is 11.8 Å². The number of benzene rings is 1. The van der Waals surface area contributed by atoms with Crippen LogP contribution in [0.25, 0.3) is 0 Å². The van der Waals surface area contributed by atoms with Crippen molar-refractivity contribution in [1.29, 1.82) is 0 Å². The molecule has 1 aliphatic heterocycles. The van der Waals surface area contributed by atoms with Crippen LogP contribution >= 0.6 is 0 Å². The third-order valence-electron chi connectivity index (χ3n) is 7.92. The Kier molecular flexibility index (Phi) is 9.95. The van der Waals surface area contributed by atoms with Gasteiger partial charge >= 0.3 is 12.1 Å². The minimum absolute atomic E-state index is 0.218. The van der Waals surface area contributed by atoms with Gasteiger partial charge in [-0.05, 0) is 56.4 Å². The smallest absolute Gasteiger partial charge is 0.411 e. The SMILES string of the molecule is CC(C)(C)OC(=O)N([C@H]([C]=O)Cc1ccccc1)[C@@H](CC1CCCCC1)[C@@H]1CC(C(O)c2ccncc2)C(=O)O1.